The molecule has 1 amide bonds. The van der Waals surface area contributed by atoms with Crippen molar-refractivity contribution >= 4 is 18.3 Å². The third-order valence-corrected chi connectivity index (χ3v) is 4.54. The van der Waals surface area contributed by atoms with Crippen molar-refractivity contribution in [1.29, 1.82) is 0 Å². The third kappa shape index (κ3) is 4.96. The van der Waals surface area contributed by atoms with Crippen molar-refractivity contribution in [2.75, 3.05) is 6.54 Å². The summed E-state index contributed by atoms with van der Waals surface area (Å²) in [6.45, 7) is 2.27. The highest BCUT2D eigenvalue weighted by molar-refractivity contribution is 5.85. The van der Waals surface area contributed by atoms with Gasteiger partial charge in [0.15, 0.2) is 0 Å². The average Bonchev–Trinajstić information content (AvgIpc) is 2.52. The average molecular weight is 329 g/mol. The first-order chi connectivity index (χ1) is 10.1. The number of hydrogen-bond acceptors (Lipinski definition) is 2. The number of carbonyl (C=O) groups is 1. The Balaban J connectivity index is 0.00000242. The van der Waals surface area contributed by atoms with Gasteiger partial charge in [0, 0.05) is 12.6 Å². The van der Waals surface area contributed by atoms with Gasteiger partial charge >= 0.3 is 0 Å². The SMILES string of the molecule is CC(C(=O)NC(CN)C1CCCCC1)c1cccc(F)c1.Cl. The van der Waals surface area contributed by atoms with Gasteiger partial charge in [-0.3, -0.25) is 4.79 Å². The molecular weight excluding hydrogens is 303 g/mol. The predicted molar refractivity (Wildman–Crippen MR) is 89.6 cm³/mol. The molecule has 3 nitrogen and oxygen atoms in total. The first kappa shape index (κ1) is 18.9. The summed E-state index contributed by atoms with van der Waals surface area (Å²) in [6.07, 6.45) is 5.99. The summed E-state index contributed by atoms with van der Waals surface area (Å²) in [6, 6.07) is 6.26. The van der Waals surface area contributed by atoms with E-state index in [9.17, 15) is 9.18 Å². The Bertz CT molecular complexity index is 477. The van der Waals surface area contributed by atoms with Gasteiger partial charge in [-0.05, 0) is 43.4 Å². The van der Waals surface area contributed by atoms with E-state index in [1.807, 2.05) is 0 Å². The fourth-order valence-electron chi connectivity index (χ4n) is 3.14. The topological polar surface area (TPSA) is 55.1 Å². The van der Waals surface area contributed by atoms with Crippen LogP contribution < -0.4 is 11.1 Å². The molecule has 2 atom stereocenters. The first-order valence-electron chi connectivity index (χ1n) is 7.87. The number of amides is 1. The normalized spacial score (nSPS) is 18.1. The second-order valence-corrected chi connectivity index (χ2v) is 6.03. The van der Waals surface area contributed by atoms with Crippen molar-refractivity contribution < 1.29 is 9.18 Å². The Hall–Kier alpha value is -1.13. The standard InChI is InChI=1S/C17H25FN2O.ClH/c1-12(14-8-5-9-15(18)10-14)17(21)20-16(11-19)13-6-3-2-4-7-13;/h5,8-10,12-13,16H,2-4,6-7,11,19H2,1H3,(H,20,21);1H. The highest BCUT2D eigenvalue weighted by atomic mass is 35.5. The quantitative estimate of drug-likeness (QED) is 0.870. The second-order valence-electron chi connectivity index (χ2n) is 6.03. The lowest BCUT2D eigenvalue weighted by molar-refractivity contribution is -0.123. The molecule has 0 aliphatic heterocycles. The lowest BCUT2D eigenvalue weighted by Gasteiger charge is -2.31. The molecule has 2 rings (SSSR count). The summed E-state index contributed by atoms with van der Waals surface area (Å²) in [4.78, 5) is 12.4. The van der Waals surface area contributed by atoms with Gasteiger partial charge < -0.3 is 11.1 Å². The number of hydrogen-bond donors (Lipinski definition) is 2. The zero-order chi connectivity index (χ0) is 15.2. The van der Waals surface area contributed by atoms with Gasteiger partial charge in [0.2, 0.25) is 5.91 Å². The minimum atomic E-state index is -0.363. The first-order valence-corrected chi connectivity index (χ1v) is 7.87. The Morgan fingerprint density at radius 3 is 2.64 bits per heavy atom. The zero-order valence-electron chi connectivity index (χ0n) is 13.1. The van der Waals surface area contributed by atoms with Crippen molar-refractivity contribution in [2.45, 2.75) is 51.0 Å². The molecule has 1 aromatic rings. The highest BCUT2D eigenvalue weighted by Gasteiger charge is 2.26. The molecule has 0 radical (unpaired) electrons. The fraction of sp³-hybridized carbons (Fsp3) is 0.588. The summed E-state index contributed by atoms with van der Waals surface area (Å²) in [5.74, 6) is -0.262. The third-order valence-electron chi connectivity index (χ3n) is 4.54. The molecule has 1 aromatic carbocycles. The van der Waals surface area contributed by atoms with E-state index in [-0.39, 0.29) is 36.1 Å². The van der Waals surface area contributed by atoms with Crippen LogP contribution in [0.4, 0.5) is 4.39 Å². The van der Waals surface area contributed by atoms with Crippen LogP contribution in [0.5, 0.6) is 0 Å². The number of benzene rings is 1. The molecule has 1 aliphatic carbocycles. The Morgan fingerprint density at radius 1 is 1.36 bits per heavy atom. The van der Waals surface area contributed by atoms with Crippen molar-refractivity contribution in [3.63, 3.8) is 0 Å². The number of carbonyl (C=O) groups excluding carboxylic acids is 1. The number of rotatable bonds is 5. The van der Waals surface area contributed by atoms with Gasteiger partial charge in [-0.2, -0.15) is 0 Å². The van der Waals surface area contributed by atoms with Crippen LogP contribution in [0.15, 0.2) is 24.3 Å². The van der Waals surface area contributed by atoms with Gasteiger partial charge in [-0.1, -0.05) is 31.4 Å². The molecule has 0 bridgehead atoms. The molecule has 1 aliphatic rings. The molecule has 2 unspecified atom stereocenters. The van der Waals surface area contributed by atoms with E-state index in [1.165, 1.54) is 31.4 Å². The lowest BCUT2D eigenvalue weighted by Crippen LogP contribution is -2.47. The molecular formula is C17H26ClFN2O. The van der Waals surface area contributed by atoms with E-state index in [2.05, 4.69) is 5.32 Å². The summed E-state index contributed by atoms with van der Waals surface area (Å²) in [5.41, 5.74) is 6.54. The Labute approximate surface area is 138 Å². The Kier molecular flexibility index (Phi) is 7.83. The van der Waals surface area contributed by atoms with E-state index < -0.39 is 0 Å². The van der Waals surface area contributed by atoms with E-state index in [0.29, 0.717) is 18.0 Å². The van der Waals surface area contributed by atoms with E-state index in [4.69, 9.17) is 5.73 Å². The van der Waals surface area contributed by atoms with Crippen LogP contribution in [0.25, 0.3) is 0 Å². The van der Waals surface area contributed by atoms with Gasteiger partial charge in [-0.25, -0.2) is 4.39 Å². The van der Waals surface area contributed by atoms with Gasteiger partial charge in [0.05, 0.1) is 5.92 Å². The number of halogens is 2. The van der Waals surface area contributed by atoms with Crippen LogP contribution >= 0.6 is 12.4 Å². The van der Waals surface area contributed by atoms with Crippen molar-refractivity contribution in [3.8, 4) is 0 Å². The maximum absolute atomic E-state index is 13.3. The zero-order valence-corrected chi connectivity index (χ0v) is 13.9. The van der Waals surface area contributed by atoms with Gasteiger partial charge in [0.1, 0.15) is 5.82 Å². The maximum atomic E-state index is 13.3. The van der Waals surface area contributed by atoms with Crippen LogP contribution in [0.2, 0.25) is 0 Å². The van der Waals surface area contributed by atoms with Crippen LogP contribution in [0, 0.1) is 11.7 Å². The highest BCUT2D eigenvalue weighted by Crippen LogP contribution is 2.26. The molecule has 5 heteroatoms. The molecule has 0 spiro atoms. The predicted octanol–water partition coefficient (Wildman–Crippen LogP) is 3.37. The van der Waals surface area contributed by atoms with Crippen LogP contribution in [-0.4, -0.2) is 18.5 Å². The van der Waals surface area contributed by atoms with E-state index in [1.54, 1.807) is 19.1 Å². The minimum Gasteiger partial charge on any atom is -0.351 e. The molecule has 0 heterocycles. The monoisotopic (exact) mass is 328 g/mol. The smallest absolute Gasteiger partial charge is 0.227 e. The second kappa shape index (κ2) is 9.11. The molecule has 22 heavy (non-hydrogen) atoms. The molecule has 1 fully saturated rings. The fourth-order valence-corrected chi connectivity index (χ4v) is 3.14. The summed E-state index contributed by atoms with van der Waals surface area (Å²) in [5, 5.41) is 3.07. The van der Waals surface area contributed by atoms with Crippen molar-refractivity contribution in [1.82, 2.24) is 5.32 Å². The molecule has 0 saturated heterocycles. The van der Waals surface area contributed by atoms with Gasteiger partial charge in [-0.15, -0.1) is 12.4 Å². The van der Waals surface area contributed by atoms with Crippen LogP contribution in [-0.2, 0) is 4.79 Å². The van der Waals surface area contributed by atoms with E-state index in [0.717, 1.165) is 12.8 Å². The van der Waals surface area contributed by atoms with Crippen LogP contribution in [0.3, 0.4) is 0 Å². The molecule has 3 N–H and O–H groups in total. The lowest BCUT2D eigenvalue weighted by atomic mass is 9.83. The number of nitrogens with one attached hydrogen (secondary N) is 1. The largest absolute Gasteiger partial charge is 0.351 e. The number of nitrogens with two attached hydrogens (primary N) is 1. The van der Waals surface area contributed by atoms with Crippen molar-refractivity contribution in [2.24, 2.45) is 11.7 Å². The molecule has 124 valence electrons. The maximum Gasteiger partial charge on any atom is 0.227 e. The molecule has 1 saturated carbocycles. The van der Waals surface area contributed by atoms with E-state index >= 15 is 0 Å². The molecule has 0 aromatic heterocycles. The minimum absolute atomic E-state index is 0. The summed E-state index contributed by atoms with van der Waals surface area (Å²) in [7, 11) is 0. The summed E-state index contributed by atoms with van der Waals surface area (Å²) < 4.78 is 13.3. The summed E-state index contributed by atoms with van der Waals surface area (Å²) >= 11 is 0. The van der Waals surface area contributed by atoms with Crippen LogP contribution in [0.1, 0.15) is 50.5 Å². The Morgan fingerprint density at radius 2 is 2.05 bits per heavy atom. The van der Waals surface area contributed by atoms with Crippen molar-refractivity contribution in [3.05, 3.63) is 35.6 Å². The van der Waals surface area contributed by atoms with Gasteiger partial charge in [0.25, 0.3) is 0 Å².